The van der Waals surface area contributed by atoms with Crippen LogP contribution in [0.25, 0.3) is 5.69 Å². The number of carbonyl (C=O) groups is 2. The fourth-order valence-corrected chi connectivity index (χ4v) is 2.83. The van der Waals surface area contributed by atoms with E-state index in [0.29, 0.717) is 17.8 Å². The van der Waals surface area contributed by atoms with Crippen molar-refractivity contribution in [3.63, 3.8) is 0 Å². The molecule has 2 rings (SSSR count). The lowest BCUT2D eigenvalue weighted by atomic mass is 9.99. The van der Waals surface area contributed by atoms with Crippen molar-refractivity contribution in [2.24, 2.45) is 5.92 Å². The lowest BCUT2D eigenvalue weighted by Gasteiger charge is -2.20. The van der Waals surface area contributed by atoms with Crippen LogP contribution in [0.3, 0.4) is 0 Å². The van der Waals surface area contributed by atoms with Crippen LogP contribution in [0.2, 0.25) is 0 Å². The van der Waals surface area contributed by atoms with Crippen molar-refractivity contribution >= 4 is 11.9 Å². The molecule has 2 N–H and O–H groups in total. The first-order chi connectivity index (χ1) is 12.2. The molecular weight excluding hydrogens is 337 g/mol. The number of aryl methyl sites for hydroxylation is 1. The first kappa shape index (κ1) is 19.6. The third-order valence-electron chi connectivity index (χ3n) is 4.65. The molecule has 1 heterocycles. The Morgan fingerprint density at radius 3 is 2.42 bits per heavy atom. The quantitative estimate of drug-likeness (QED) is 0.794. The van der Waals surface area contributed by atoms with Gasteiger partial charge in [0, 0.05) is 11.3 Å². The Labute approximate surface area is 152 Å². The summed E-state index contributed by atoms with van der Waals surface area (Å²) in [5, 5.41) is 16.3. The van der Waals surface area contributed by atoms with E-state index in [1.165, 1.54) is 12.1 Å². The van der Waals surface area contributed by atoms with Gasteiger partial charge in [0.05, 0.1) is 17.8 Å². The number of nitrogens with one attached hydrogen (secondary N) is 1. The molecule has 0 saturated heterocycles. The summed E-state index contributed by atoms with van der Waals surface area (Å²) >= 11 is 0. The van der Waals surface area contributed by atoms with Crippen LogP contribution in [0, 0.1) is 25.6 Å². The SMILES string of the molecule is CC[C@H](C)[C@H](NC(=O)Cc1c(C)nn(-c2ccc(F)cc2)c1C)C(=O)O. The number of aliphatic carboxylic acids is 1. The predicted octanol–water partition coefficient (Wildman–Crippen LogP) is 2.79. The molecule has 0 unspecified atom stereocenters. The number of carbonyl (C=O) groups excluding carboxylic acids is 1. The zero-order chi connectivity index (χ0) is 19.4. The Morgan fingerprint density at radius 2 is 1.88 bits per heavy atom. The van der Waals surface area contributed by atoms with Crippen LogP contribution < -0.4 is 5.32 Å². The van der Waals surface area contributed by atoms with Gasteiger partial charge in [-0.1, -0.05) is 20.3 Å². The second kappa shape index (κ2) is 8.12. The fraction of sp³-hybridized carbons (Fsp3) is 0.421. The van der Waals surface area contributed by atoms with Crippen molar-refractivity contribution in [1.82, 2.24) is 15.1 Å². The summed E-state index contributed by atoms with van der Waals surface area (Å²) < 4.78 is 14.8. The molecule has 0 saturated carbocycles. The monoisotopic (exact) mass is 361 g/mol. The molecule has 6 nitrogen and oxygen atoms in total. The van der Waals surface area contributed by atoms with Crippen LogP contribution in [0.15, 0.2) is 24.3 Å². The number of hydrogen-bond acceptors (Lipinski definition) is 3. The van der Waals surface area contributed by atoms with Crippen LogP contribution in [-0.4, -0.2) is 32.8 Å². The molecule has 2 aromatic rings. The summed E-state index contributed by atoms with van der Waals surface area (Å²) in [6, 6.07) is 5.01. The average molecular weight is 361 g/mol. The molecule has 0 bridgehead atoms. The molecule has 2 atom stereocenters. The molecule has 26 heavy (non-hydrogen) atoms. The highest BCUT2D eigenvalue weighted by atomic mass is 19.1. The normalized spacial score (nSPS) is 13.3. The number of rotatable bonds is 7. The van der Waals surface area contributed by atoms with Gasteiger partial charge in [-0.3, -0.25) is 4.79 Å². The summed E-state index contributed by atoms with van der Waals surface area (Å²) in [6.07, 6.45) is 0.691. The van der Waals surface area contributed by atoms with Gasteiger partial charge >= 0.3 is 5.97 Å². The number of nitrogens with zero attached hydrogens (tertiary/aromatic N) is 2. The van der Waals surface area contributed by atoms with E-state index in [4.69, 9.17) is 0 Å². The summed E-state index contributed by atoms with van der Waals surface area (Å²) in [5.41, 5.74) is 2.87. The molecule has 0 aliphatic rings. The van der Waals surface area contributed by atoms with E-state index >= 15 is 0 Å². The second-order valence-corrected chi connectivity index (χ2v) is 6.48. The molecule has 1 aromatic carbocycles. The lowest BCUT2D eigenvalue weighted by Crippen LogP contribution is -2.45. The standard InChI is InChI=1S/C19H24FN3O3/c1-5-11(2)18(19(25)26)21-17(24)10-16-12(3)22-23(13(16)4)15-8-6-14(20)7-9-15/h6-9,11,18H,5,10H2,1-4H3,(H,21,24)(H,25,26)/t11-,18-/m0/s1. The number of halogens is 1. The third-order valence-corrected chi connectivity index (χ3v) is 4.65. The molecule has 0 fully saturated rings. The molecule has 140 valence electrons. The maximum absolute atomic E-state index is 13.1. The van der Waals surface area contributed by atoms with Crippen LogP contribution >= 0.6 is 0 Å². The van der Waals surface area contributed by atoms with Gasteiger partial charge in [-0.2, -0.15) is 5.10 Å². The summed E-state index contributed by atoms with van der Waals surface area (Å²) in [4.78, 5) is 23.8. The smallest absolute Gasteiger partial charge is 0.326 e. The highest BCUT2D eigenvalue weighted by Crippen LogP contribution is 2.19. The van der Waals surface area contributed by atoms with E-state index in [-0.39, 0.29) is 24.1 Å². The van der Waals surface area contributed by atoms with E-state index < -0.39 is 12.0 Å². The van der Waals surface area contributed by atoms with E-state index in [0.717, 1.165) is 11.3 Å². The van der Waals surface area contributed by atoms with Crippen molar-refractivity contribution < 1.29 is 19.1 Å². The summed E-state index contributed by atoms with van der Waals surface area (Å²) in [5.74, 6) is -1.90. The van der Waals surface area contributed by atoms with Gasteiger partial charge in [0.2, 0.25) is 5.91 Å². The predicted molar refractivity (Wildman–Crippen MR) is 95.7 cm³/mol. The van der Waals surface area contributed by atoms with Crippen molar-refractivity contribution in [2.75, 3.05) is 0 Å². The fourth-order valence-electron chi connectivity index (χ4n) is 2.83. The molecule has 1 aromatic heterocycles. The Bertz CT molecular complexity index is 799. The van der Waals surface area contributed by atoms with Crippen molar-refractivity contribution in [3.8, 4) is 5.69 Å². The Kier molecular flexibility index (Phi) is 6.13. The number of amides is 1. The molecule has 0 radical (unpaired) electrons. The van der Waals surface area contributed by atoms with E-state index in [9.17, 15) is 19.1 Å². The minimum atomic E-state index is -1.04. The Hall–Kier alpha value is -2.70. The molecule has 1 amide bonds. The number of hydrogen-bond donors (Lipinski definition) is 2. The van der Waals surface area contributed by atoms with Crippen LogP contribution in [0.5, 0.6) is 0 Å². The Balaban J connectivity index is 2.20. The van der Waals surface area contributed by atoms with Gasteiger partial charge in [-0.05, 0) is 44.0 Å². The first-order valence-corrected chi connectivity index (χ1v) is 8.57. The maximum atomic E-state index is 13.1. The minimum Gasteiger partial charge on any atom is -0.480 e. The highest BCUT2D eigenvalue weighted by molar-refractivity contribution is 5.85. The molecule has 0 aliphatic carbocycles. The third kappa shape index (κ3) is 4.28. The Morgan fingerprint density at radius 1 is 1.27 bits per heavy atom. The maximum Gasteiger partial charge on any atom is 0.326 e. The molecular formula is C19H24FN3O3. The minimum absolute atomic E-state index is 0.0407. The van der Waals surface area contributed by atoms with Gasteiger partial charge in [-0.25, -0.2) is 13.9 Å². The van der Waals surface area contributed by atoms with E-state index in [1.54, 1.807) is 30.7 Å². The van der Waals surface area contributed by atoms with Gasteiger partial charge in [0.1, 0.15) is 11.9 Å². The average Bonchev–Trinajstić information content (AvgIpc) is 2.87. The van der Waals surface area contributed by atoms with Gasteiger partial charge in [0.25, 0.3) is 0 Å². The number of carboxylic acid groups (broad SMARTS) is 1. The number of carboxylic acids is 1. The summed E-state index contributed by atoms with van der Waals surface area (Å²) in [7, 11) is 0. The van der Waals surface area contributed by atoms with Crippen molar-refractivity contribution in [1.29, 1.82) is 0 Å². The van der Waals surface area contributed by atoms with Crippen molar-refractivity contribution in [2.45, 2.75) is 46.6 Å². The zero-order valence-electron chi connectivity index (χ0n) is 15.4. The molecule has 7 heteroatoms. The summed E-state index contributed by atoms with van der Waals surface area (Å²) in [6.45, 7) is 7.30. The van der Waals surface area contributed by atoms with Crippen molar-refractivity contribution in [3.05, 3.63) is 47.0 Å². The number of aromatic nitrogens is 2. The van der Waals surface area contributed by atoms with Crippen LogP contribution in [0.4, 0.5) is 4.39 Å². The highest BCUT2D eigenvalue weighted by Gasteiger charge is 2.26. The largest absolute Gasteiger partial charge is 0.480 e. The van der Waals surface area contributed by atoms with Gasteiger partial charge < -0.3 is 10.4 Å². The van der Waals surface area contributed by atoms with Crippen LogP contribution in [-0.2, 0) is 16.0 Å². The van der Waals surface area contributed by atoms with E-state index in [1.807, 2.05) is 13.8 Å². The van der Waals surface area contributed by atoms with Gasteiger partial charge in [0.15, 0.2) is 0 Å². The van der Waals surface area contributed by atoms with Gasteiger partial charge in [-0.15, -0.1) is 0 Å². The second-order valence-electron chi connectivity index (χ2n) is 6.48. The van der Waals surface area contributed by atoms with Crippen LogP contribution in [0.1, 0.15) is 37.2 Å². The lowest BCUT2D eigenvalue weighted by molar-refractivity contribution is -0.143. The first-order valence-electron chi connectivity index (χ1n) is 8.57. The zero-order valence-corrected chi connectivity index (χ0v) is 15.4. The van der Waals surface area contributed by atoms with E-state index in [2.05, 4.69) is 10.4 Å². The molecule has 0 aliphatic heterocycles. The number of benzene rings is 1. The topological polar surface area (TPSA) is 84.2 Å². The molecule has 0 spiro atoms.